The second kappa shape index (κ2) is 5.89. The number of piperidine rings is 1. The highest BCUT2D eigenvalue weighted by Crippen LogP contribution is 2.18. The molecule has 1 aliphatic rings. The third-order valence-corrected chi connectivity index (χ3v) is 5.15. The van der Waals surface area contributed by atoms with Crippen LogP contribution >= 0.6 is 0 Å². The van der Waals surface area contributed by atoms with Gasteiger partial charge in [-0.15, -0.1) is 0 Å². The SMILES string of the molecule is [2H]C([2H])([2H])c1nc(NC2CCN(S(C)(=O)=O)CC2)nc2[nH]c(=O)ccc12. The minimum atomic E-state index is -3.22. The molecule has 1 fully saturated rings. The molecule has 0 unspecified atom stereocenters. The van der Waals surface area contributed by atoms with Crippen molar-refractivity contribution in [1.29, 1.82) is 0 Å². The van der Waals surface area contributed by atoms with Crippen LogP contribution in [0.15, 0.2) is 16.9 Å². The number of aromatic amines is 1. The Morgan fingerprint density at radius 3 is 2.74 bits per heavy atom. The second-order valence-electron chi connectivity index (χ2n) is 5.56. The van der Waals surface area contributed by atoms with E-state index in [-0.39, 0.29) is 34.3 Å². The molecule has 0 atom stereocenters. The van der Waals surface area contributed by atoms with E-state index in [0.717, 1.165) is 0 Å². The van der Waals surface area contributed by atoms with Crippen molar-refractivity contribution >= 4 is 27.0 Å². The first-order valence-corrected chi connectivity index (χ1v) is 9.02. The Balaban J connectivity index is 1.88. The Bertz CT molecular complexity index is 981. The Morgan fingerprint density at radius 2 is 2.09 bits per heavy atom. The predicted molar refractivity (Wildman–Crippen MR) is 88.0 cm³/mol. The van der Waals surface area contributed by atoms with Gasteiger partial charge in [-0.05, 0) is 25.8 Å². The summed E-state index contributed by atoms with van der Waals surface area (Å²) in [5.41, 5.74) is -0.385. The van der Waals surface area contributed by atoms with Crippen LogP contribution in [0.2, 0.25) is 0 Å². The maximum atomic E-state index is 11.6. The smallest absolute Gasteiger partial charge is 0.249 e. The molecule has 0 saturated carbocycles. The van der Waals surface area contributed by atoms with E-state index in [1.165, 1.54) is 22.7 Å². The minimum Gasteiger partial charge on any atom is -0.351 e. The average molecular weight is 340 g/mol. The summed E-state index contributed by atoms with van der Waals surface area (Å²) in [5, 5.41) is 3.33. The van der Waals surface area contributed by atoms with Crippen LogP contribution in [0.25, 0.3) is 11.0 Å². The molecule has 3 heterocycles. The lowest BCUT2D eigenvalue weighted by Gasteiger charge is -2.30. The fourth-order valence-corrected chi connectivity index (χ4v) is 3.49. The van der Waals surface area contributed by atoms with Crippen molar-refractivity contribution in [3.8, 4) is 0 Å². The summed E-state index contributed by atoms with van der Waals surface area (Å²) in [6.45, 7) is -1.73. The maximum Gasteiger partial charge on any atom is 0.249 e. The van der Waals surface area contributed by atoms with Crippen LogP contribution in [0.5, 0.6) is 0 Å². The van der Waals surface area contributed by atoms with Gasteiger partial charge in [0.15, 0.2) is 0 Å². The number of hydrogen-bond acceptors (Lipinski definition) is 6. The summed E-state index contributed by atoms with van der Waals surface area (Å²) in [6.07, 6.45) is 2.26. The number of pyridine rings is 1. The van der Waals surface area contributed by atoms with Crippen LogP contribution in [0.4, 0.5) is 5.95 Å². The molecule has 2 aromatic rings. The number of nitrogens with zero attached hydrogens (tertiary/aromatic N) is 3. The Hall–Kier alpha value is -2.00. The molecule has 0 radical (unpaired) electrons. The van der Waals surface area contributed by atoms with Gasteiger partial charge >= 0.3 is 0 Å². The van der Waals surface area contributed by atoms with Gasteiger partial charge in [0.2, 0.25) is 21.5 Å². The van der Waals surface area contributed by atoms with Crippen molar-refractivity contribution in [2.24, 2.45) is 0 Å². The zero-order valence-electron chi connectivity index (χ0n) is 15.5. The summed E-state index contributed by atoms with van der Waals surface area (Å²) in [6, 6.07) is 2.53. The Labute approximate surface area is 138 Å². The lowest BCUT2D eigenvalue weighted by molar-refractivity contribution is 0.331. The monoisotopic (exact) mass is 340 g/mol. The fourth-order valence-electron chi connectivity index (χ4n) is 2.62. The summed E-state index contributed by atoms with van der Waals surface area (Å²) in [5.74, 6) is 0.100. The Kier molecular flexibility index (Phi) is 3.18. The van der Waals surface area contributed by atoms with E-state index in [1.807, 2.05) is 0 Å². The molecule has 2 aromatic heterocycles. The second-order valence-corrected chi connectivity index (χ2v) is 7.54. The van der Waals surface area contributed by atoms with Crippen molar-refractivity contribution in [3.05, 3.63) is 28.2 Å². The molecule has 0 bridgehead atoms. The zero-order chi connectivity index (χ0) is 19.1. The molecule has 0 aromatic carbocycles. The molecule has 0 amide bonds. The molecule has 124 valence electrons. The van der Waals surface area contributed by atoms with Gasteiger partial charge in [0.1, 0.15) is 5.65 Å². The fraction of sp³-hybridized carbons (Fsp3) is 0.500. The number of aromatic nitrogens is 3. The van der Waals surface area contributed by atoms with Crippen molar-refractivity contribution < 1.29 is 12.5 Å². The van der Waals surface area contributed by atoms with E-state index in [0.29, 0.717) is 25.9 Å². The topological polar surface area (TPSA) is 108 Å². The molecule has 1 aliphatic heterocycles. The molecule has 8 nitrogen and oxygen atoms in total. The molecule has 9 heteroatoms. The molecule has 2 N–H and O–H groups in total. The first kappa shape index (κ1) is 12.4. The number of sulfonamides is 1. The number of anilines is 1. The molecule has 23 heavy (non-hydrogen) atoms. The van der Waals surface area contributed by atoms with Gasteiger partial charge in [0, 0.05) is 34.7 Å². The predicted octanol–water partition coefficient (Wildman–Crippen LogP) is 0.462. The van der Waals surface area contributed by atoms with Gasteiger partial charge in [0.25, 0.3) is 0 Å². The highest BCUT2D eigenvalue weighted by molar-refractivity contribution is 7.88. The summed E-state index contributed by atoms with van der Waals surface area (Å²) in [7, 11) is -3.22. The standard InChI is InChI=1S/C14H19N5O3S/c1-9-11-3-4-12(20)17-13(11)18-14(15-9)16-10-5-7-19(8-6-10)23(2,21)22/h3-4,10H,5-8H2,1-2H3,(H2,15,16,17,18,20)/i1D3. The zero-order valence-corrected chi connectivity index (χ0v) is 13.4. The van der Waals surface area contributed by atoms with Crippen LogP contribution < -0.4 is 10.9 Å². The number of rotatable bonds is 3. The van der Waals surface area contributed by atoms with Gasteiger partial charge in [-0.3, -0.25) is 4.79 Å². The van der Waals surface area contributed by atoms with Gasteiger partial charge < -0.3 is 10.3 Å². The first-order valence-electron chi connectivity index (χ1n) is 8.67. The van der Waals surface area contributed by atoms with Crippen molar-refractivity contribution in [3.63, 3.8) is 0 Å². The van der Waals surface area contributed by atoms with Crippen LogP contribution in [0.1, 0.15) is 22.6 Å². The minimum absolute atomic E-state index is 0.0923. The number of H-pyrrole nitrogens is 1. The van der Waals surface area contributed by atoms with Gasteiger partial charge in [-0.2, -0.15) is 4.98 Å². The highest BCUT2D eigenvalue weighted by Gasteiger charge is 2.25. The summed E-state index contributed by atoms with van der Waals surface area (Å²) < 4.78 is 47.5. The lowest BCUT2D eigenvalue weighted by Crippen LogP contribution is -2.42. The third-order valence-electron chi connectivity index (χ3n) is 3.84. The van der Waals surface area contributed by atoms with E-state index >= 15 is 0 Å². The number of nitrogens with one attached hydrogen (secondary N) is 2. The van der Waals surface area contributed by atoms with E-state index in [9.17, 15) is 13.2 Å². The average Bonchev–Trinajstić information content (AvgIpc) is 2.52. The van der Waals surface area contributed by atoms with E-state index in [2.05, 4.69) is 20.3 Å². The molecular formula is C14H19N5O3S. The Morgan fingerprint density at radius 1 is 1.35 bits per heavy atom. The van der Waals surface area contributed by atoms with Crippen LogP contribution in [-0.4, -0.2) is 53.1 Å². The van der Waals surface area contributed by atoms with Crippen LogP contribution in [0.3, 0.4) is 0 Å². The number of hydrogen-bond donors (Lipinski definition) is 2. The molecule has 3 rings (SSSR count). The van der Waals surface area contributed by atoms with Crippen molar-refractivity contribution in [2.75, 3.05) is 24.7 Å². The van der Waals surface area contributed by atoms with E-state index in [4.69, 9.17) is 4.11 Å². The third kappa shape index (κ3) is 3.50. The van der Waals surface area contributed by atoms with Gasteiger partial charge in [0.05, 0.1) is 11.9 Å². The molecule has 1 saturated heterocycles. The first-order chi connectivity index (χ1) is 12.0. The largest absolute Gasteiger partial charge is 0.351 e. The lowest BCUT2D eigenvalue weighted by atomic mass is 10.1. The van der Waals surface area contributed by atoms with Gasteiger partial charge in [-0.1, -0.05) is 0 Å². The summed E-state index contributed by atoms with van der Waals surface area (Å²) in [4.78, 5) is 22.4. The summed E-state index contributed by atoms with van der Waals surface area (Å²) >= 11 is 0. The van der Waals surface area contributed by atoms with Crippen LogP contribution in [-0.2, 0) is 10.0 Å². The van der Waals surface area contributed by atoms with E-state index in [1.54, 1.807) is 0 Å². The van der Waals surface area contributed by atoms with Gasteiger partial charge in [-0.25, -0.2) is 17.7 Å². The highest BCUT2D eigenvalue weighted by atomic mass is 32.2. The van der Waals surface area contributed by atoms with Crippen molar-refractivity contribution in [1.82, 2.24) is 19.3 Å². The number of fused-ring (bicyclic) bond motifs is 1. The number of aryl methyl sites for hydroxylation is 1. The molecular weight excluding hydrogens is 318 g/mol. The molecule has 0 aliphatic carbocycles. The maximum absolute atomic E-state index is 11.6. The quantitative estimate of drug-likeness (QED) is 0.840. The van der Waals surface area contributed by atoms with Crippen molar-refractivity contribution in [2.45, 2.75) is 25.7 Å². The van der Waals surface area contributed by atoms with Crippen LogP contribution in [0, 0.1) is 6.85 Å². The molecule has 0 spiro atoms. The normalized spacial score (nSPS) is 20.0. The van der Waals surface area contributed by atoms with E-state index < -0.39 is 16.9 Å².